The second-order valence-corrected chi connectivity index (χ2v) is 5.71. The molecule has 0 aliphatic rings. The van der Waals surface area contributed by atoms with Crippen LogP contribution in [0.25, 0.3) is 0 Å². The Morgan fingerprint density at radius 3 is 2.37 bits per heavy atom. The number of carbonyl (C=O) groups is 2. The van der Waals surface area contributed by atoms with Crippen LogP contribution in [0.15, 0.2) is 67.0 Å². The zero-order valence-corrected chi connectivity index (χ0v) is 14.1. The largest absolute Gasteiger partial charge is 0.348 e. The van der Waals surface area contributed by atoms with Crippen LogP contribution in [0.5, 0.6) is 0 Å². The Kier molecular flexibility index (Phi) is 5.51. The fourth-order valence-electron chi connectivity index (χ4n) is 2.37. The molecular formula is C20H15F2N3O2. The predicted octanol–water partition coefficient (Wildman–Crippen LogP) is 3.54. The molecule has 7 heteroatoms. The van der Waals surface area contributed by atoms with E-state index < -0.39 is 17.5 Å². The highest BCUT2D eigenvalue weighted by Gasteiger charge is 2.12. The maximum Gasteiger partial charge on any atom is 0.255 e. The molecule has 27 heavy (non-hydrogen) atoms. The number of halogens is 2. The molecule has 1 heterocycles. The average molecular weight is 367 g/mol. The molecular weight excluding hydrogens is 352 g/mol. The summed E-state index contributed by atoms with van der Waals surface area (Å²) in [6.45, 7) is 0.304. The highest BCUT2D eigenvalue weighted by molar-refractivity contribution is 6.06. The van der Waals surface area contributed by atoms with Crippen molar-refractivity contribution in [3.8, 4) is 0 Å². The van der Waals surface area contributed by atoms with Crippen LogP contribution in [0, 0.1) is 11.6 Å². The van der Waals surface area contributed by atoms with Gasteiger partial charge in [-0.2, -0.15) is 0 Å². The quantitative estimate of drug-likeness (QED) is 0.725. The Balaban J connectivity index is 1.67. The number of nitrogens with zero attached hydrogens (tertiary/aromatic N) is 1. The normalized spacial score (nSPS) is 10.3. The van der Waals surface area contributed by atoms with E-state index in [1.807, 2.05) is 6.07 Å². The van der Waals surface area contributed by atoms with Gasteiger partial charge in [0.1, 0.15) is 0 Å². The van der Waals surface area contributed by atoms with Gasteiger partial charge in [-0.25, -0.2) is 8.78 Å². The van der Waals surface area contributed by atoms with Crippen molar-refractivity contribution in [1.82, 2.24) is 10.3 Å². The summed E-state index contributed by atoms with van der Waals surface area (Å²) in [6, 6.07) is 12.8. The van der Waals surface area contributed by atoms with Crippen LogP contribution in [0.2, 0.25) is 0 Å². The molecule has 0 fully saturated rings. The van der Waals surface area contributed by atoms with Crippen molar-refractivity contribution in [2.75, 3.05) is 5.32 Å². The Labute approximate surface area is 154 Å². The van der Waals surface area contributed by atoms with E-state index in [0.29, 0.717) is 12.1 Å². The molecule has 2 aromatic carbocycles. The first-order valence-electron chi connectivity index (χ1n) is 8.06. The van der Waals surface area contributed by atoms with Crippen molar-refractivity contribution in [2.24, 2.45) is 0 Å². The highest BCUT2D eigenvalue weighted by atomic mass is 19.2. The smallest absolute Gasteiger partial charge is 0.255 e. The molecule has 0 saturated carbocycles. The summed E-state index contributed by atoms with van der Waals surface area (Å²) in [5.41, 5.74) is 1.48. The number of benzene rings is 2. The molecule has 0 aliphatic heterocycles. The first-order valence-corrected chi connectivity index (χ1v) is 8.06. The van der Waals surface area contributed by atoms with E-state index in [0.717, 1.165) is 17.7 Å². The lowest BCUT2D eigenvalue weighted by Crippen LogP contribution is -2.23. The number of anilines is 1. The van der Waals surface area contributed by atoms with Gasteiger partial charge in [0.15, 0.2) is 11.6 Å². The monoisotopic (exact) mass is 367 g/mol. The minimum Gasteiger partial charge on any atom is -0.348 e. The Hall–Kier alpha value is -3.61. The molecule has 3 rings (SSSR count). The molecule has 136 valence electrons. The molecule has 0 radical (unpaired) electrons. The number of amides is 2. The summed E-state index contributed by atoms with van der Waals surface area (Å²) in [6.07, 6.45) is 3.28. The summed E-state index contributed by atoms with van der Waals surface area (Å²) < 4.78 is 26.2. The topological polar surface area (TPSA) is 71.1 Å². The molecule has 0 unspecified atom stereocenters. The third-order valence-electron chi connectivity index (χ3n) is 3.74. The molecule has 0 saturated heterocycles. The summed E-state index contributed by atoms with van der Waals surface area (Å²) in [4.78, 5) is 28.5. The van der Waals surface area contributed by atoms with E-state index >= 15 is 0 Å². The number of hydrogen-bond acceptors (Lipinski definition) is 3. The van der Waals surface area contributed by atoms with Gasteiger partial charge in [-0.3, -0.25) is 14.6 Å². The molecule has 0 atom stereocenters. The summed E-state index contributed by atoms with van der Waals surface area (Å²) >= 11 is 0. The Morgan fingerprint density at radius 2 is 1.67 bits per heavy atom. The van der Waals surface area contributed by atoms with Crippen LogP contribution in [-0.2, 0) is 6.54 Å². The maximum absolute atomic E-state index is 13.2. The van der Waals surface area contributed by atoms with Crippen LogP contribution in [0.4, 0.5) is 14.5 Å². The summed E-state index contributed by atoms with van der Waals surface area (Å²) in [5, 5.41) is 5.21. The van der Waals surface area contributed by atoms with Gasteiger partial charge in [-0.1, -0.05) is 12.1 Å². The van der Waals surface area contributed by atoms with Crippen LogP contribution in [0.1, 0.15) is 26.3 Å². The van der Waals surface area contributed by atoms with Crippen molar-refractivity contribution < 1.29 is 18.4 Å². The fraction of sp³-hybridized carbons (Fsp3) is 0.0500. The number of carbonyl (C=O) groups excluding carboxylic acids is 2. The third kappa shape index (κ3) is 4.72. The Bertz CT molecular complexity index is 978. The van der Waals surface area contributed by atoms with Crippen LogP contribution >= 0.6 is 0 Å². The molecule has 0 spiro atoms. The van der Waals surface area contributed by atoms with E-state index in [4.69, 9.17) is 0 Å². The van der Waals surface area contributed by atoms with E-state index in [9.17, 15) is 18.4 Å². The van der Waals surface area contributed by atoms with Gasteiger partial charge >= 0.3 is 0 Å². The second kappa shape index (κ2) is 8.18. The van der Waals surface area contributed by atoms with Crippen molar-refractivity contribution >= 4 is 17.5 Å². The van der Waals surface area contributed by atoms with Gasteiger partial charge < -0.3 is 10.6 Å². The minimum atomic E-state index is -1.06. The lowest BCUT2D eigenvalue weighted by molar-refractivity contribution is 0.0951. The molecule has 2 N–H and O–H groups in total. The molecule has 0 aliphatic carbocycles. The predicted molar refractivity (Wildman–Crippen MR) is 96.2 cm³/mol. The summed E-state index contributed by atoms with van der Waals surface area (Å²) in [7, 11) is 0. The van der Waals surface area contributed by atoms with Crippen LogP contribution in [-0.4, -0.2) is 16.8 Å². The van der Waals surface area contributed by atoms with E-state index in [1.54, 1.807) is 30.6 Å². The Morgan fingerprint density at radius 1 is 0.889 bits per heavy atom. The van der Waals surface area contributed by atoms with E-state index in [2.05, 4.69) is 15.6 Å². The second-order valence-electron chi connectivity index (χ2n) is 5.71. The van der Waals surface area contributed by atoms with Gasteiger partial charge in [-0.15, -0.1) is 0 Å². The van der Waals surface area contributed by atoms with Crippen molar-refractivity contribution in [3.63, 3.8) is 0 Å². The lowest BCUT2D eigenvalue weighted by atomic mass is 10.1. The van der Waals surface area contributed by atoms with Crippen LogP contribution < -0.4 is 10.6 Å². The number of hydrogen-bond donors (Lipinski definition) is 2. The molecule has 3 aromatic rings. The standard InChI is InChI=1S/C20H15F2N3O2/c21-17-7-6-16(10-18(17)22)25-20(27)15-5-1-4-14(9-15)19(26)24-12-13-3-2-8-23-11-13/h1-11H,12H2,(H,24,26)(H,25,27). The van der Waals surface area contributed by atoms with E-state index in [1.165, 1.54) is 18.2 Å². The molecule has 5 nitrogen and oxygen atoms in total. The van der Waals surface area contributed by atoms with Crippen molar-refractivity contribution in [1.29, 1.82) is 0 Å². The van der Waals surface area contributed by atoms with Gasteiger partial charge in [0, 0.05) is 41.8 Å². The maximum atomic E-state index is 13.2. The van der Waals surface area contributed by atoms with Crippen molar-refractivity contribution in [2.45, 2.75) is 6.54 Å². The van der Waals surface area contributed by atoms with Gasteiger partial charge in [0.25, 0.3) is 11.8 Å². The van der Waals surface area contributed by atoms with Gasteiger partial charge in [0.2, 0.25) is 0 Å². The zero-order chi connectivity index (χ0) is 19.2. The first-order chi connectivity index (χ1) is 13.0. The van der Waals surface area contributed by atoms with E-state index in [-0.39, 0.29) is 17.2 Å². The average Bonchev–Trinajstić information content (AvgIpc) is 2.70. The molecule has 0 bridgehead atoms. The fourth-order valence-corrected chi connectivity index (χ4v) is 2.37. The lowest BCUT2D eigenvalue weighted by Gasteiger charge is -2.08. The molecule has 1 aromatic heterocycles. The van der Waals surface area contributed by atoms with Crippen molar-refractivity contribution in [3.05, 3.63) is 95.3 Å². The summed E-state index contributed by atoms with van der Waals surface area (Å²) in [5.74, 6) is -2.94. The third-order valence-corrected chi connectivity index (χ3v) is 3.74. The number of rotatable bonds is 5. The first kappa shape index (κ1) is 18.2. The minimum absolute atomic E-state index is 0.116. The SMILES string of the molecule is O=C(NCc1cccnc1)c1cccc(C(=O)Nc2ccc(F)c(F)c2)c1. The highest BCUT2D eigenvalue weighted by Crippen LogP contribution is 2.15. The number of pyridine rings is 1. The van der Waals surface area contributed by atoms with Gasteiger partial charge in [-0.05, 0) is 42.0 Å². The zero-order valence-electron chi connectivity index (χ0n) is 14.1. The number of aromatic nitrogens is 1. The van der Waals surface area contributed by atoms with Crippen LogP contribution in [0.3, 0.4) is 0 Å². The molecule has 2 amide bonds. The van der Waals surface area contributed by atoms with Gasteiger partial charge in [0.05, 0.1) is 0 Å². The number of nitrogens with one attached hydrogen (secondary N) is 2.